The molecule has 1 aliphatic heterocycles. The monoisotopic (exact) mass is 167 g/mol. The average molecular weight is 167 g/mol. The van der Waals surface area contributed by atoms with Gasteiger partial charge in [-0.2, -0.15) is 0 Å². The number of carboxylic acids is 1. The molecule has 3 heteroatoms. The number of hydrogen-bond donors (Lipinski definition) is 1. The Morgan fingerprint density at radius 3 is 2.92 bits per heavy atom. The highest BCUT2D eigenvalue weighted by Crippen LogP contribution is 2.00. The Balaban J connectivity index is 2.11. The Morgan fingerprint density at radius 2 is 2.33 bits per heavy atom. The number of carbonyl (C=O) groups is 1. The van der Waals surface area contributed by atoms with Crippen molar-refractivity contribution >= 4 is 5.97 Å². The van der Waals surface area contributed by atoms with Crippen LogP contribution in [0.4, 0.5) is 0 Å². The van der Waals surface area contributed by atoms with Gasteiger partial charge in [0.1, 0.15) is 0 Å². The minimum Gasteiger partial charge on any atom is -0.481 e. The summed E-state index contributed by atoms with van der Waals surface area (Å²) in [6, 6.07) is 0. The second-order valence-corrected chi connectivity index (χ2v) is 2.76. The third-order valence-corrected chi connectivity index (χ3v) is 1.72. The maximum Gasteiger partial charge on any atom is 0.303 e. The van der Waals surface area contributed by atoms with Crippen molar-refractivity contribution in [2.75, 3.05) is 13.1 Å². The molecule has 0 aromatic carbocycles. The molecule has 66 valence electrons. The standard InChI is InChI=1S/C9H13NO2/c11-9(12)5-4-8-10-6-2-1-3-7-10/h1-3,6H,4-5,7-8H2,(H,11,12). The van der Waals surface area contributed by atoms with Gasteiger partial charge < -0.3 is 10.0 Å². The SMILES string of the molecule is O=C(O)CCCN1C=CC=CC1. The molecule has 1 heterocycles. The van der Waals surface area contributed by atoms with Crippen LogP contribution in [0.25, 0.3) is 0 Å². The number of rotatable bonds is 4. The Hall–Kier alpha value is -1.25. The van der Waals surface area contributed by atoms with E-state index < -0.39 is 5.97 Å². The molecule has 1 rings (SSSR count). The first-order valence-electron chi connectivity index (χ1n) is 4.08. The first kappa shape index (κ1) is 8.84. The van der Waals surface area contributed by atoms with Gasteiger partial charge in [0.25, 0.3) is 0 Å². The third-order valence-electron chi connectivity index (χ3n) is 1.72. The fourth-order valence-electron chi connectivity index (χ4n) is 1.11. The summed E-state index contributed by atoms with van der Waals surface area (Å²) in [6.45, 7) is 1.73. The lowest BCUT2D eigenvalue weighted by molar-refractivity contribution is -0.137. The van der Waals surface area contributed by atoms with E-state index in [1.165, 1.54) is 0 Å². The zero-order chi connectivity index (χ0) is 8.81. The topological polar surface area (TPSA) is 40.5 Å². The van der Waals surface area contributed by atoms with Gasteiger partial charge in [0.2, 0.25) is 0 Å². The van der Waals surface area contributed by atoms with E-state index in [1.54, 1.807) is 0 Å². The summed E-state index contributed by atoms with van der Waals surface area (Å²) >= 11 is 0. The van der Waals surface area contributed by atoms with Crippen LogP contribution in [0.1, 0.15) is 12.8 Å². The van der Waals surface area contributed by atoms with E-state index in [9.17, 15) is 4.79 Å². The van der Waals surface area contributed by atoms with Gasteiger partial charge >= 0.3 is 5.97 Å². The summed E-state index contributed by atoms with van der Waals surface area (Å²) in [5, 5.41) is 8.39. The van der Waals surface area contributed by atoms with Crippen LogP contribution in [0.2, 0.25) is 0 Å². The van der Waals surface area contributed by atoms with E-state index >= 15 is 0 Å². The van der Waals surface area contributed by atoms with Crippen molar-refractivity contribution in [2.45, 2.75) is 12.8 Å². The predicted octanol–water partition coefficient (Wildman–Crippen LogP) is 1.24. The molecule has 0 saturated carbocycles. The lowest BCUT2D eigenvalue weighted by Crippen LogP contribution is -2.20. The zero-order valence-corrected chi connectivity index (χ0v) is 6.94. The molecule has 0 aliphatic carbocycles. The fourth-order valence-corrected chi connectivity index (χ4v) is 1.11. The normalized spacial score (nSPS) is 15.2. The fraction of sp³-hybridized carbons (Fsp3) is 0.444. The Labute approximate surface area is 72.0 Å². The molecule has 0 fully saturated rings. The lowest BCUT2D eigenvalue weighted by atomic mass is 10.2. The minimum absolute atomic E-state index is 0.258. The van der Waals surface area contributed by atoms with Gasteiger partial charge in [0, 0.05) is 19.5 Å². The van der Waals surface area contributed by atoms with Crippen molar-refractivity contribution in [3.8, 4) is 0 Å². The summed E-state index contributed by atoms with van der Waals surface area (Å²) in [5.74, 6) is -0.716. The number of allylic oxidation sites excluding steroid dienone is 2. The molecule has 0 saturated heterocycles. The molecule has 3 nitrogen and oxygen atoms in total. The van der Waals surface area contributed by atoms with Gasteiger partial charge in [-0.15, -0.1) is 0 Å². The molecule has 1 N–H and O–H groups in total. The highest BCUT2D eigenvalue weighted by atomic mass is 16.4. The van der Waals surface area contributed by atoms with Crippen molar-refractivity contribution in [1.29, 1.82) is 0 Å². The van der Waals surface area contributed by atoms with Crippen molar-refractivity contribution in [3.05, 3.63) is 24.4 Å². The van der Waals surface area contributed by atoms with E-state index in [-0.39, 0.29) is 6.42 Å². The molecule has 1 aliphatic rings. The first-order chi connectivity index (χ1) is 5.79. The van der Waals surface area contributed by atoms with Gasteiger partial charge in [-0.3, -0.25) is 4.79 Å². The molecule has 0 amide bonds. The summed E-state index contributed by atoms with van der Waals surface area (Å²) in [7, 11) is 0. The number of hydrogen-bond acceptors (Lipinski definition) is 2. The van der Waals surface area contributed by atoms with Crippen LogP contribution in [0, 0.1) is 0 Å². The van der Waals surface area contributed by atoms with Crippen LogP contribution in [-0.2, 0) is 4.79 Å². The van der Waals surface area contributed by atoms with Crippen molar-refractivity contribution < 1.29 is 9.90 Å². The quantitative estimate of drug-likeness (QED) is 0.684. The summed E-state index contributed by atoms with van der Waals surface area (Å²) in [5.41, 5.74) is 0. The van der Waals surface area contributed by atoms with Crippen LogP contribution in [-0.4, -0.2) is 29.1 Å². The molecule has 0 atom stereocenters. The second kappa shape index (κ2) is 4.59. The second-order valence-electron chi connectivity index (χ2n) is 2.76. The van der Waals surface area contributed by atoms with Crippen LogP contribution in [0.5, 0.6) is 0 Å². The van der Waals surface area contributed by atoms with Crippen LogP contribution >= 0.6 is 0 Å². The van der Waals surface area contributed by atoms with Gasteiger partial charge in [-0.1, -0.05) is 12.2 Å². The highest BCUT2D eigenvalue weighted by Gasteiger charge is 2.01. The van der Waals surface area contributed by atoms with E-state index in [1.807, 2.05) is 18.4 Å². The minimum atomic E-state index is -0.716. The summed E-state index contributed by atoms with van der Waals surface area (Å²) in [6.07, 6.45) is 8.97. The summed E-state index contributed by atoms with van der Waals surface area (Å²) in [4.78, 5) is 12.3. The number of aliphatic carboxylic acids is 1. The Morgan fingerprint density at radius 1 is 1.50 bits per heavy atom. The van der Waals surface area contributed by atoms with Crippen LogP contribution in [0.15, 0.2) is 24.4 Å². The zero-order valence-electron chi connectivity index (χ0n) is 6.94. The van der Waals surface area contributed by atoms with E-state index in [0.29, 0.717) is 6.42 Å². The highest BCUT2D eigenvalue weighted by molar-refractivity contribution is 5.66. The molecule has 0 spiro atoms. The van der Waals surface area contributed by atoms with E-state index in [4.69, 9.17) is 5.11 Å². The summed E-state index contributed by atoms with van der Waals surface area (Å²) < 4.78 is 0. The molecular formula is C9H13NO2. The maximum atomic E-state index is 10.2. The van der Waals surface area contributed by atoms with E-state index in [0.717, 1.165) is 13.1 Å². The van der Waals surface area contributed by atoms with Crippen LogP contribution < -0.4 is 0 Å². The largest absolute Gasteiger partial charge is 0.481 e. The van der Waals surface area contributed by atoms with Crippen LogP contribution in [0.3, 0.4) is 0 Å². The average Bonchev–Trinajstić information content (AvgIpc) is 2.05. The van der Waals surface area contributed by atoms with Crippen molar-refractivity contribution in [2.24, 2.45) is 0 Å². The van der Waals surface area contributed by atoms with Crippen molar-refractivity contribution in [1.82, 2.24) is 4.90 Å². The molecule has 0 bridgehead atoms. The maximum absolute atomic E-state index is 10.2. The predicted molar refractivity (Wildman–Crippen MR) is 46.7 cm³/mol. The molecule has 0 aromatic heterocycles. The first-order valence-corrected chi connectivity index (χ1v) is 4.08. The molecule has 0 aromatic rings. The molecule has 0 unspecified atom stereocenters. The van der Waals surface area contributed by atoms with Gasteiger partial charge in [0.15, 0.2) is 0 Å². The molecular weight excluding hydrogens is 154 g/mol. The molecule has 0 radical (unpaired) electrons. The van der Waals surface area contributed by atoms with Crippen molar-refractivity contribution in [3.63, 3.8) is 0 Å². The molecule has 12 heavy (non-hydrogen) atoms. The smallest absolute Gasteiger partial charge is 0.303 e. The lowest BCUT2D eigenvalue weighted by Gasteiger charge is -2.19. The Kier molecular flexibility index (Phi) is 3.38. The Bertz CT molecular complexity index is 209. The van der Waals surface area contributed by atoms with Gasteiger partial charge in [-0.05, 0) is 18.7 Å². The number of nitrogens with zero attached hydrogens (tertiary/aromatic N) is 1. The third kappa shape index (κ3) is 3.23. The van der Waals surface area contributed by atoms with Gasteiger partial charge in [-0.25, -0.2) is 0 Å². The number of carboxylic acid groups (broad SMARTS) is 1. The van der Waals surface area contributed by atoms with E-state index in [2.05, 4.69) is 11.0 Å². The van der Waals surface area contributed by atoms with Gasteiger partial charge in [0.05, 0.1) is 0 Å².